The van der Waals surface area contributed by atoms with Crippen molar-refractivity contribution >= 4 is 29.2 Å². The lowest BCUT2D eigenvalue weighted by Crippen LogP contribution is -2.24. The fourth-order valence-electron chi connectivity index (χ4n) is 1.47. The monoisotopic (exact) mass is 267 g/mol. The lowest BCUT2D eigenvalue weighted by molar-refractivity contribution is 0.254. The largest absolute Gasteiger partial charge is 0.385 e. The highest BCUT2D eigenvalue weighted by Gasteiger charge is 1.98. The van der Waals surface area contributed by atoms with E-state index in [4.69, 9.17) is 0 Å². The maximum Gasteiger partial charge on any atom is 0.318 e. The summed E-state index contributed by atoms with van der Waals surface area (Å²) < 4.78 is 0. The number of anilines is 2. The molecule has 18 heavy (non-hydrogen) atoms. The first-order chi connectivity index (χ1) is 8.76. The highest BCUT2D eigenvalue weighted by Crippen LogP contribution is 2.13. The van der Waals surface area contributed by atoms with E-state index in [0.717, 1.165) is 17.9 Å². The molecule has 0 atom stereocenters. The Morgan fingerprint density at radius 1 is 1.17 bits per heavy atom. The zero-order valence-electron chi connectivity index (χ0n) is 11.0. The number of thioether (sulfide) groups is 1. The Kier molecular flexibility index (Phi) is 7.10. The van der Waals surface area contributed by atoms with Crippen LogP contribution in [-0.4, -0.2) is 31.6 Å². The Morgan fingerprint density at radius 2 is 1.83 bits per heavy atom. The van der Waals surface area contributed by atoms with Gasteiger partial charge < -0.3 is 16.0 Å². The van der Waals surface area contributed by atoms with Gasteiger partial charge in [-0.05, 0) is 49.1 Å². The van der Waals surface area contributed by atoms with Crippen LogP contribution in [0.5, 0.6) is 0 Å². The van der Waals surface area contributed by atoms with Gasteiger partial charge in [0.25, 0.3) is 0 Å². The van der Waals surface area contributed by atoms with E-state index < -0.39 is 0 Å². The highest BCUT2D eigenvalue weighted by atomic mass is 32.2. The number of nitrogens with one attached hydrogen (secondary N) is 3. The summed E-state index contributed by atoms with van der Waals surface area (Å²) in [5, 5.41) is 8.60. The number of hydrogen-bond acceptors (Lipinski definition) is 3. The van der Waals surface area contributed by atoms with E-state index in [1.54, 1.807) is 7.05 Å². The van der Waals surface area contributed by atoms with Crippen LogP contribution in [0.3, 0.4) is 0 Å². The Hall–Kier alpha value is -1.36. The molecule has 1 rings (SSSR count). The Morgan fingerprint density at radius 3 is 2.44 bits per heavy atom. The van der Waals surface area contributed by atoms with E-state index in [9.17, 15) is 4.79 Å². The molecule has 0 aliphatic rings. The van der Waals surface area contributed by atoms with Gasteiger partial charge in [-0.15, -0.1) is 0 Å². The van der Waals surface area contributed by atoms with Crippen molar-refractivity contribution in [2.45, 2.75) is 12.8 Å². The first kappa shape index (κ1) is 14.7. The van der Waals surface area contributed by atoms with Crippen molar-refractivity contribution in [3.8, 4) is 0 Å². The van der Waals surface area contributed by atoms with Crippen LogP contribution in [0.1, 0.15) is 12.8 Å². The van der Waals surface area contributed by atoms with Crippen molar-refractivity contribution in [3.05, 3.63) is 24.3 Å². The van der Waals surface area contributed by atoms with E-state index >= 15 is 0 Å². The van der Waals surface area contributed by atoms with Crippen LogP contribution in [0.4, 0.5) is 16.2 Å². The van der Waals surface area contributed by atoms with Gasteiger partial charge in [-0.2, -0.15) is 11.8 Å². The van der Waals surface area contributed by atoms with Crippen molar-refractivity contribution in [2.24, 2.45) is 0 Å². The standard InChI is InChI=1S/C13H21N3OS/c1-14-13(17)16-12-7-5-11(6-8-12)15-9-3-4-10-18-2/h5-8,15H,3-4,9-10H2,1-2H3,(H2,14,16,17). The molecule has 0 aliphatic carbocycles. The Bertz CT molecular complexity index is 354. The molecule has 0 spiro atoms. The molecular weight excluding hydrogens is 246 g/mol. The third-order valence-corrected chi connectivity index (χ3v) is 3.17. The molecule has 0 radical (unpaired) electrons. The van der Waals surface area contributed by atoms with E-state index in [1.165, 1.54) is 18.6 Å². The molecule has 3 N–H and O–H groups in total. The summed E-state index contributed by atoms with van der Waals surface area (Å²) in [4.78, 5) is 11.1. The van der Waals surface area contributed by atoms with E-state index in [-0.39, 0.29) is 6.03 Å². The van der Waals surface area contributed by atoms with Crippen molar-refractivity contribution in [3.63, 3.8) is 0 Å². The zero-order chi connectivity index (χ0) is 13.2. The first-order valence-corrected chi connectivity index (χ1v) is 7.47. The second-order valence-corrected chi connectivity index (χ2v) is 4.89. The van der Waals surface area contributed by atoms with Crippen LogP contribution in [-0.2, 0) is 0 Å². The van der Waals surface area contributed by atoms with Gasteiger partial charge in [-0.1, -0.05) is 0 Å². The molecule has 1 aromatic rings. The normalized spacial score (nSPS) is 9.89. The second-order valence-electron chi connectivity index (χ2n) is 3.91. The number of benzene rings is 1. The summed E-state index contributed by atoms with van der Waals surface area (Å²) in [7, 11) is 1.60. The average molecular weight is 267 g/mol. The summed E-state index contributed by atoms with van der Waals surface area (Å²) in [5.74, 6) is 1.22. The number of urea groups is 1. The summed E-state index contributed by atoms with van der Waals surface area (Å²) in [5.41, 5.74) is 1.88. The van der Waals surface area contributed by atoms with Crippen LogP contribution in [0.2, 0.25) is 0 Å². The summed E-state index contributed by atoms with van der Waals surface area (Å²) >= 11 is 1.88. The minimum Gasteiger partial charge on any atom is -0.385 e. The lowest BCUT2D eigenvalue weighted by Gasteiger charge is -2.08. The second kappa shape index (κ2) is 8.69. The number of amides is 2. The zero-order valence-corrected chi connectivity index (χ0v) is 11.8. The van der Waals surface area contributed by atoms with Crippen molar-refractivity contribution < 1.29 is 4.79 Å². The lowest BCUT2D eigenvalue weighted by atomic mass is 10.2. The van der Waals surface area contributed by atoms with E-state index in [1.807, 2.05) is 36.0 Å². The number of carbonyl (C=O) groups excluding carboxylic acids is 1. The van der Waals surface area contributed by atoms with Crippen LogP contribution in [0.25, 0.3) is 0 Å². The summed E-state index contributed by atoms with van der Waals surface area (Å²) in [6.45, 7) is 0.989. The van der Waals surface area contributed by atoms with Gasteiger partial charge in [0, 0.05) is 25.0 Å². The molecule has 2 amide bonds. The third-order valence-electron chi connectivity index (χ3n) is 2.47. The molecule has 0 bridgehead atoms. The van der Waals surface area contributed by atoms with Crippen molar-refractivity contribution in [2.75, 3.05) is 36.2 Å². The van der Waals surface area contributed by atoms with Gasteiger partial charge in [-0.25, -0.2) is 4.79 Å². The molecule has 0 saturated heterocycles. The van der Waals surface area contributed by atoms with Gasteiger partial charge in [-0.3, -0.25) is 0 Å². The third kappa shape index (κ3) is 5.82. The van der Waals surface area contributed by atoms with Crippen LogP contribution < -0.4 is 16.0 Å². The number of carbonyl (C=O) groups is 1. The summed E-state index contributed by atoms with van der Waals surface area (Å²) in [6.07, 6.45) is 4.55. The van der Waals surface area contributed by atoms with Crippen LogP contribution in [0, 0.1) is 0 Å². The van der Waals surface area contributed by atoms with Crippen molar-refractivity contribution in [1.82, 2.24) is 5.32 Å². The predicted molar refractivity (Wildman–Crippen MR) is 80.6 cm³/mol. The SMILES string of the molecule is CNC(=O)Nc1ccc(NCCCCSC)cc1. The van der Waals surface area contributed by atoms with E-state index in [2.05, 4.69) is 22.2 Å². The Labute approximate surface area is 113 Å². The topological polar surface area (TPSA) is 53.2 Å². The van der Waals surface area contributed by atoms with Gasteiger partial charge >= 0.3 is 6.03 Å². The molecule has 0 saturated carbocycles. The molecule has 0 aliphatic heterocycles. The van der Waals surface area contributed by atoms with Gasteiger partial charge in [0.15, 0.2) is 0 Å². The molecule has 1 aromatic carbocycles. The molecule has 0 aromatic heterocycles. The first-order valence-electron chi connectivity index (χ1n) is 6.08. The number of unbranched alkanes of at least 4 members (excludes halogenated alkanes) is 1. The molecular formula is C13H21N3OS. The molecule has 4 nitrogen and oxygen atoms in total. The van der Waals surface area contributed by atoms with Gasteiger partial charge in [0.1, 0.15) is 0 Å². The van der Waals surface area contributed by atoms with Crippen LogP contribution >= 0.6 is 11.8 Å². The van der Waals surface area contributed by atoms with E-state index in [0.29, 0.717) is 0 Å². The minimum absolute atomic E-state index is 0.201. The Balaban J connectivity index is 2.29. The highest BCUT2D eigenvalue weighted by molar-refractivity contribution is 7.98. The fourth-order valence-corrected chi connectivity index (χ4v) is 1.96. The molecule has 0 fully saturated rings. The van der Waals surface area contributed by atoms with Gasteiger partial charge in [0.2, 0.25) is 0 Å². The average Bonchev–Trinajstić information content (AvgIpc) is 2.40. The molecule has 0 unspecified atom stereocenters. The molecule has 100 valence electrons. The fraction of sp³-hybridized carbons (Fsp3) is 0.462. The predicted octanol–water partition coefficient (Wildman–Crippen LogP) is 2.99. The molecule has 0 heterocycles. The number of hydrogen-bond donors (Lipinski definition) is 3. The number of rotatable bonds is 7. The maximum atomic E-state index is 11.1. The van der Waals surface area contributed by atoms with Gasteiger partial charge in [0.05, 0.1) is 0 Å². The minimum atomic E-state index is -0.201. The smallest absolute Gasteiger partial charge is 0.318 e. The summed E-state index contributed by atoms with van der Waals surface area (Å²) in [6, 6.07) is 7.52. The quantitative estimate of drug-likeness (QED) is 0.666. The van der Waals surface area contributed by atoms with Crippen molar-refractivity contribution in [1.29, 1.82) is 0 Å². The molecule has 5 heteroatoms. The maximum absolute atomic E-state index is 11.1. The van der Waals surface area contributed by atoms with Crippen LogP contribution in [0.15, 0.2) is 24.3 Å².